The maximum absolute atomic E-state index is 12.0. The van der Waals surface area contributed by atoms with Gasteiger partial charge in [0.05, 0.1) is 30.1 Å². The molecule has 0 amide bonds. The van der Waals surface area contributed by atoms with Crippen LogP contribution < -0.4 is 4.90 Å². The normalized spacial score (nSPS) is 16.9. The van der Waals surface area contributed by atoms with Crippen LogP contribution in [-0.4, -0.2) is 54.6 Å². The van der Waals surface area contributed by atoms with Crippen molar-refractivity contribution >= 4 is 72.6 Å². The number of anilines is 1. The first kappa shape index (κ1) is 35.8. The van der Waals surface area contributed by atoms with E-state index in [9.17, 15) is 14.7 Å². The van der Waals surface area contributed by atoms with Gasteiger partial charge < -0.3 is 19.5 Å². The number of hydrogen-bond acceptors (Lipinski definition) is 5. The monoisotopic (exact) mass is 729 g/mol. The zero-order valence-corrected chi connectivity index (χ0v) is 31.9. The van der Waals surface area contributed by atoms with Gasteiger partial charge in [-0.25, -0.2) is 0 Å². The number of benzene rings is 6. The summed E-state index contributed by atoms with van der Waals surface area (Å²) >= 11 is 0. The van der Waals surface area contributed by atoms with E-state index in [2.05, 4.69) is 146 Å². The summed E-state index contributed by atoms with van der Waals surface area (Å²) in [5.41, 5.74) is 5.81. The number of fused-ring (bicyclic) bond motifs is 12. The minimum Gasteiger partial charge on any atom is -0.497 e. The molecule has 0 aliphatic carbocycles. The lowest BCUT2D eigenvalue weighted by Gasteiger charge is -2.27. The molecule has 0 atom stereocenters. The van der Waals surface area contributed by atoms with Gasteiger partial charge in [-0.3, -0.25) is 9.59 Å². The van der Waals surface area contributed by atoms with Crippen LogP contribution in [0.15, 0.2) is 133 Å². The number of carboxylic acids is 1. The molecule has 0 fully saturated rings. The standard InChI is InChI=1S/C48H44N2O5/c1-47(2)40(49(27-26-42(52)53)45-38-20-12-8-16-34(38)32-14-6-10-18-36(32)43(45)47)24-22-31(54-5)23-25-41-48(3,4)44-37-19-11-7-15-33(37)35-17-9-13-21-39(35)46(44)50(41)28-29-55-30-51/h6-25,30H,26-29H2,1-5H3/p+1. The number of carboxylic acid groups (broad SMARTS) is 1. The molecule has 55 heavy (non-hydrogen) atoms. The fraction of sp³-hybridized carbons (Fsp3) is 0.229. The van der Waals surface area contributed by atoms with Crippen molar-refractivity contribution < 1.29 is 28.7 Å². The van der Waals surface area contributed by atoms with E-state index in [4.69, 9.17) is 9.47 Å². The minimum atomic E-state index is -0.840. The molecule has 0 spiro atoms. The number of ether oxygens (including phenoxy) is 2. The number of nitrogens with zero attached hydrogens (tertiary/aromatic N) is 2. The summed E-state index contributed by atoms with van der Waals surface area (Å²) in [6.45, 7) is 10.5. The molecule has 7 nitrogen and oxygen atoms in total. The molecule has 0 bridgehead atoms. The average Bonchev–Trinajstić information content (AvgIpc) is 3.56. The molecular weight excluding hydrogens is 685 g/mol. The largest absolute Gasteiger partial charge is 0.497 e. The van der Waals surface area contributed by atoms with Crippen LogP contribution in [0.2, 0.25) is 0 Å². The van der Waals surface area contributed by atoms with Crippen molar-refractivity contribution in [2.24, 2.45) is 0 Å². The Hall–Kier alpha value is -6.21. The summed E-state index contributed by atoms with van der Waals surface area (Å²) < 4.78 is 13.5. The van der Waals surface area contributed by atoms with Gasteiger partial charge in [-0.1, -0.05) is 105 Å². The van der Waals surface area contributed by atoms with Gasteiger partial charge in [0, 0.05) is 28.1 Å². The average molecular weight is 730 g/mol. The van der Waals surface area contributed by atoms with Crippen LogP contribution in [0.25, 0.3) is 43.1 Å². The maximum Gasteiger partial charge on any atom is 0.309 e. The third-order valence-electron chi connectivity index (χ3n) is 11.6. The predicted octanol–water partition coefficient (Wildman–Crippen LogP) is 10.1. The van der Waals surface area contributed by atoms with Crippen molar-refractivity contribution in [3.05, 3.63) is 144 Å². The molecular formula is C48H45N2O5+. The molecule has 0 saturated heterocycles. The first-order valence-electron chi connectivity index (χ1n) is 18.8. The van der Waals surface area contributed by atoms with Crippen LogP contribution in [0, 0.1) is 0 Å². The van der Waals surface area contributed by atoms with E-state index in [0.717, 1.165) is 38.9 Å². The number of rotatable bonds is 11. The summed E-state index contributed by atoms with van der Waals surface area (Å²) in [6.07, 6.45) is 8.19. The molecule has 1 N–H and O–H groups in total. The fourth-order valence-electron chi connectivity index (χ4n) is 9.22. The number of allylic oxidation sites excluding steroid dienone is 5. The van der Waals surface area contributed by atoms with E-state index >= 15 is 0 Å². The Labute approximate surface area is 321 Å². The topological polar surface area (TPSA) is 79.1 Å². The molecule has 7 heteroatoms. The molecule has 0 radical (unpaired) electrons. The van der Waals surface area contributed by atoms with Gasteiger partial charge in [0.2, 0.25) is 5.69 Å². The zero-order valence-electron chi connectivity index (χ0n) is 31.9. The lowest BCUT2D eigenvalue weighted by atomic mass is 9.78. The Morgan fingerprint density at radius 2 is 1.27 bits per heavy atom. The third kappa shape index (κ3) is 5.77. The van der Waals surface area contributed by atoms with E-state index in [1.807, 2.05) is 12.2 Å². The van der Waals surface area contributed by atoms with Gasteiger partial charge in [0.25, 0.3) is 6.47 Å². The van der Waals surface area contributed by atoms with Crippen molar-refractivity contribution in [2.75, 3.05) is 31.7 Å². The van der Waals surface area contributed by atoms with Crippen LogP contribution >= 0.6 is 0 Å². The Bertz CT molecular complexity index is 2680. The van der Waals surface area contributed by atoms with E-state index < -0.39 is 16.8 Å². The highest BCUT2D eigenvalue weighted by Gasteiger charge is 2.47. The van der Waals surface area contributed by atoms with Gasteiger partial charge in [-0.2, -0.15) is 4.58 Å². The van der Waals surface area contributed by atoms with Crippen molar-refractivity contribution in [1.82, 2.24) is 0 Å². The van der Waals surface area contributed by atoms with Crippen LogP contribution in [0.1, 0.15) is 45.2 Å². The Kier molecular flexibility index (Phi) is 9.04. The molecule has 6 aromatic rings. The van der Waals surface area contributed by atoms with Gasteiger partial charge in [0.15, 0.2) is 12.3 Å². The SMILES string of the molecule is COC(=C\C=C1/N(CCOC=O)c2c(c3ccccc3c3ccccc23)C1(C)C)/C=C/C1=[N+](CCC(=O)O)c2c(c3ccccc3c3ccccc23)C1(C)C. The first-order valence-corrected chi connectivity index (χ1v) is 18.8. The number of aliphatic carboxylic acids is 1. The highest BCUT2D eigenvalue weighted by atomic mass is 16.5. The van der Waals surface area contributed by atoms with Crippen molar-refractivity contribution in [2.45, 2.75) is 44.9 Å². The number of carbonyl (C=O) groups is 2. The quantitative estimate of drug-likeness (QED) is 0.0357. The molecule has 0 saturated carbocycles. The van der Waals surface area contributed by atoms with E-state index in [0.29, 0.717) is 25.3 Å². The maximum atomic E-state index is 12.0. The summed E-state index contributed by atoms with van der Waals surface area (Å²) in [5.74, 6) is -0.196. The van der Waals surface area contributed by atoms with E-state index in [1.54, 1.807) is 7.11 Å². The number of hydrogen-bond donors (Lipinski definition) is 1. The Balaban J connectivity index is 1.27. The molecule has 0 aromatic heterocycles. The van der Waals surface area contributed by atoms with Crippen LogP contribution in [0.5, 0.6) is 0 Å². The van der Waals surface area contributed by atoms with Crippen LogP contribution in [-0.2, 0) is 29.9 Å². The van der Waals surface area contributed by atoms with Gasteiger partial charge >= 0.3 is 5.97 Å². The molecule has 8 rings (SSSR count). The van der Waals surface area contributed by atoms with Crippen molar-refractivity contribution in [3.8, 4) is 0 Å². The second-order valence-electron chi connectivity index (χ2n) is 15.3. The highest BCUT2D eigenvalue weighted by molar-refractivity contribution is 6.19. The molecule has 2 aliphatic rings. The summed E-state index contributed by atoms with van der Waals surface area (Å²) in [7, 11) is 1.67. The second kappa shape index (κ2) is 13.9. The predicted molar refractivity (Wildman–Crippen MR) is 223 cm³/mol. The van der Waals surface area contributed by atoms with E-state index in [1.165, 1.54) is 38.1 Å². The Morgan fingerprint density at radius 3 is 1.85 bits per heavy atom. The number of methoxy groups -OCH3 is 1. The Morgan fingerprint density at radius 1 is 0.745 bits per heavy atom. The summed E-state index contributed by atoms with van der Waals surface area (Å²) in [6, 6.07) is 34.0. The van der Waals surface area contributed by atoms with Gasteiger partial charge in [-0.05, 0) is 76.0 Å². The third-order valence-corrected chi connectivity index (χ3v) is 11.6. The summed E-state index contributed by atoms with van der Waals surface area (Å²) in [5, 5.41) is 19.2. The second-order valence-corrected chi connectivity index (χ2v) is 15.3. The molecule has 0 unspecified atom stereocenters. The lowest BCUT2D eigenvalue weighted by Crippen LogP contribution is -2.29. The van der Waals surface area contributed by atoms with Gasteiger partial charge in [0.1, 0.15) is 18.8 Å². The zero-order chi connectivity index (χ0) is 38.5. The highest BCUT2D eigenvalue weighted by Crippen LogP contribution is 2.54. The molecule has 2 aliphatic heterocycles. The molecule has 6 aromatic carbocycles. The molecule has 2 heterocycles. The van der Waals surface area contributed by atoms with E-state index in [-0.39, 0.29) is 13.0 Å². The van der Waals surface area contributed by atoms with Gasteiger partial charge in [-0.15, -0.1) is 0 Å². The minimum absolute atomic E-state index is 0.00422. The van der Waals surface area contributed by atoms with Crippen LogP contribution in [0.3, 0.4) is 0 Å². The first-order chi connectivity index (χ1) is 26.6. The lowest BCUT2D eigenvalue weighted by molar-refractivity contribution is -0.435. The molecule has 276 valence electrons. The summed E-state index contributed by atoms with van der Waals surface area (Å²) in [4.78, 5) is 25.6. The van der Waals surface area contributed by atoms with Crippen LogP contribution in [0.4, 0.5) is 11.4 Å². The fourth-order valence-corrected chi connectivity index (χ4v) is 9.22. The number of carbonyl (C=O) groups excluding carboxylic acids is 1. The smallest absolute Gasteiger partial charge is 0.309 e. The van der Waals surface area contributed by atoms with Crippen molar-refractivity contribution in [3.63, 3.8) is 0 Å². The van der Waals surface area contributed by atoms with Crippen molar-refractivity contribution in [1.29, 1.82) is 0 Å².